The second kappa shape index (κ2) is 6.64. The topological polar surface area (TPSA) is 78.9 Å². The molecule has 1 aliphatic heterocycles. The summed E-state index contributed by atoms with van der Waals surface area (Å²) < 4.78 is 5.16. The molecule has 2 N–H and O–H groups in total. The van der Waals surface area contributed by atoms with Gasteiger partial charge < -0.3 is 20.1 Å². The molecular formula is C15H28N2O4. The first-order valence-corrected chi connectivity index (χ1v) is 7.50. The minimum Gasteiger partial charge on any atom is -0.481 e. The zero-order valence-electron chi connectivity index (χ0n) is 13.7. The minimum absolute atomic E-state index is 0.114. The molecule has 0 aromatic rings. The summed E-state index contributed by atoms with van der Waals surface area (Å²) in [5, 5.41) is 12.2. The lowest BCUT2D eigenvalue weighted by molar-refractivity contribution is -0.152. The Morgan fingerprint density at radius 2 is 1.81 bits per heavy atom. The molecule has 0 aromatic carbocycles. The quantitative estimate of drug-likeness (QED) is 0.831. The van der Waals surface area contributed by atoms with Gasteiger partial charge in [-0.3, -0.25) is 4.79 Å². The molecule has 1 saturated heterocycles. The van der Waals surface area contributed by atoms with Crippen molar-refractivity contribution >= 4 is 12.1 Å². The lowest BCUT2D eigenvalue weighted by atomic mass is 9.78. The Labute approximate surface area is 126 Å². The summed E-state index contributed by atoms with van der Waals surface area (Å²) in [6, 6.07) is 0.413. The van der Waals surface area contributed by atoms with Crippen molar-refractivity contribution in [2.24, 2.45) is 5.41 Å². The maximum atomic E-state index is 11.7. The lowest BCUT2D eigenvalue weighted by Crippen LogP contribution is -2.52. The molecule has 1 heterocycles. The van der Waals surface area contributed by atoms with E-state index in [4.69, 9.17) is 4.74 Å². The van der Waals surface area contributed by atoms with Crippen molar-refractivity contribution in [3.63, 3.8) is 0 Å². The fourth-order valence-corrected chi connectivity index (χ4v) is 2.49. The number of hydrogen-bond acceptors (Lipinski definition) is 4. The molecule has 0 atom stereocenters. The largest absolute Gasteiger partial charge is 0.481 e. The molecule has 1 rings (SSSR count). The fraction of sp³-hybridized carbons (Fsp3) is 0.867. The molecule has 0 spiro atoms. The van der Waals surface area contributed by atoms with Crippen LogP contribution in [-0.4, -0.2) is 53.3 Å². The first-order chi connectivity index (χ1) is 9.56. The van der Waals surface area contributed by atoms with E-state index in [0.29, 0.717) is 18.9 Å². The van der Waals surface area contributed by atoms with E-state index in [1.807, 2.05) is 0 Å². The molecule has 0 unspecified atom stereocenters. The predicted molar refractivity (Wildman–Crippen MR) is 80.2 cm³/mol. The number of carbonyl (C=O) groups excluding carboxylic acids is 1. The van der Waals surface area contributed by atoms with Crippen molar-refractivity contribution < 1.29 is 19.4 Å². The molecule has 6 nitrogen and oxygen atoms in total. The number of rotatable bonds is 4. The molecule has 0 bridgehead atoms. The van der Waals surface area contributed by atoms with Crippen LogP contribution in [-0.2, 0) is 9.53 Å². The molecular weight excluding hydrogens is 272 g/mol. The summed E-state index contributed by atoms with van der Waals surface area (Å²) in [5.41, 5.74) is -1.47. The Balaban J connectivity index is 2.59. The Kier molecular flexibility index (Phi) is 5.61. The molecule has 21 heavy (non-hydrogen) atoms. The molecule has 1 aliphatic rings. The van der Waals surface area contributed by atoms with E-state index < -0.39 is 23.1 Å². The summed E-state index contributed by atoms with van der Waals surface area (Å²) in [5.74, 6) is -0.845. The fourth-order valence-electron chi connectivity index (χ4n) is 2.49. The number of alkyl carbamates (subject to hydrolysis) is 1. The maximum absolute atomic E-state index is 11.7. The van der Waals surface area contributed by atoms with E-state index >= 15 is 0 Å². The van der Waals surface area contributed by atoms with Crippen LogP contribution < -0.4 is 5.32 Å². The molecule has 122 valence electrons. The van der Waals surface area contributed by atoms with E-state index in [1.165, 1.54) is 0 Å². The van der Waals surface area contributed by atoms with Crippen molar-refractivity contribution in [2.45, 2.75) is 59.1 Å². The van der Waals surface area contributed by atoms with E-state index in [0.717, 1.165) is 13.1 Å². The first-order valence-electron chi connectivity index (χ1n) is 7.50. The molecule has 0 aromatic heterocycles. The maximum Gasteiger partial charge on any atom is 0.407 e. The number of amides is 1. The highest BCUT2D eigenvalue weighted by molar-refractivity contribution is 5.76. The Morgan fingerprint density at radius 3 is 2.19 bits per heavy atom. The van der Waals surface area contributed by atoms with E-state index in [-0.39, 0.29) is 6.54 Å². The molecule has 1 fully saturated rings. The van der Waals surface area contributed by atoms with Gasteiger partial charge in [-0.25, -0.2) is 4.79 Å². The van der Waals surface area contributed by atoms with E-state index in [1.54, 1.807) is 20.8 Å². The van der Waals surface area contributed by atoms with Gasteiger partial charge in [-0.05, 0) is 60.5 Å². The lowest BCUT2D eigenvalue weighted by Gasteiger charge is -2.40. The van der Waals surface area contributed by atoms with Gasteiger partial charge in [0, 0.05) is 12.6 Å². The van der Waals surface area contributed by atoms with Gasteiger partial charge in [0.15, 0.2) is 0 Å². The van der Waals surface area contributed by atoms with Gasteiger partial charge >= 0.3 is 12.1 Å². The van der Waals surface area contributed by atoms with E-state index in [9.17, 15) is 14.7 Å². The minimum atomic E-state index is -0.887. The molecule has 0 saturated carbocycles. The zero-order valence-corrected chi connectivity index (χ0v) is 13.7. The van der Waals surface area contributed by atoms with Crippen LogP contribution in [0.15, 0.2) is 0 Å². The number of ether oxygens (including phenoxy) is 1. The van der Waals surface area contributed by atoms with Gasteiger partial charge in [0.2, 0.25) is 0 Å². The molecule has 0 radical (unpaired) electrons. The highest BCUT2D eigenvalue weighted by atomic mass is 16.6. The third-order valence-electron chi connectivity index (χ3n) is 3.91. The number of carboxylic acids is 1. The van der Waals surface area contributed by atoms with Crippen LogP contribution in [0.25, 0.3) is 0 Å². The summed E-state index contributed by atoms with van der Waals surface area (Å²) in [6.07, 6.45) is 0.515. The summed E-state index contributed by atoms with van der Waals surface area (Å²) in [4.78, 5) is 25.6. The number of likely N-dealkylation sites (tertiary alicyclic amines) is 1. The van der Waals surface area contributed by atoms with Crippen LogP contribution in [0, 0.1) is 5.41 Å². The number of nitrogens with zero attached hydrogens (tertiary/aromatic N) is 1. The Morgan fingerprint density at radius 1 is 1.29 bits per heavy atom. The van der Waals surface area contributed by atoms with Crippen molar-refractivity contribution in [1.82, 2.24) is 10.2 Å². The molecule has 1 amide bonds. The second-order valence-electron chi connectivity index (χ2n) is 7.07. The van der Waals surface area contributed by atoms with Crippen LogP contribution in [0.2, 0.25) is 0 Å². The normalized spacial score (nSPS) is 19.3. The number of carbonyl (C=O) groups is 2. The number of nitrogens with one attached hydrogen (secondary N) is 1. The Hall–Kier alpha value is -1.30. The van der Waals surface area contributed by atoms with Gasteiger partial charge in [0.1, 0.15) is 5.60 Å². The summed E-state index contributed by atoms with van der Waals surface area (Å²) in [7, 11) is 0. The zero-order chi connectivity index (χ0) is 16.3. The number of hydrogen-bond donors (Lipinski definition) is 2. The standard InChI is InChI=1S/C15H28N2O4/c1-11(2)17-8-6-15(7-9-17,12(18)19)10-16-13(20)21-14(3,4)5/h11H,6-10H2,1-5H3,(H,16,20)(H,18,19). The average molecular weight is 300 g/mol. The second-order valence-corrected chi connectivity index (χ2v) is 7.07. The molecule has 6 heteroatoms. The van der Waals surface area contributed by atoms with Crippen LogP contribution in [0.1, 0.15) is 47.5 Å². The monoisotopic (exact) mass is 300 g/mol. The summed E-state index contributed by atoms with van der Waals surface area (Å²) in [6.45, 7) is 11.1. The average Bonchev–Trinajstić information content (AvgIpc) is 2.34. The van der Waals surface area contributed by atoms with Crippen molar-refractivity contribution in [1.29, 1.82) is 0 Å². The number of aliphatic carboxylic acids is 1. The number of carboxylic acid groups (broad SMARTS) is 1. The third kappa shape index (κ3) is 5.19. The van der Waals surface area contributed by atoms with Crippen molar-refractivity contribution in [2.75, 3.05) is 19.6 Å². The van der Waals surface area contributed by atoms with Gasteiger partial charge in [-0.15, -0.1) is 0 Å². The first kappa shape index (κ1) is 17.8. The van der Waals surface area contributed by atoms with Gasteiger partial charge in [0.25, 0.3) is 0 Å². The highest BCUT2D eigenvalue weighted by Gasteiger charge is 2.42. The highest BCUT2D eigenvalue weighted by Crippen LogP contribution is 2.32. The SMILES string of the molecule is CC(C)N1CCC(CNC(=O)OC(C)(C)C)(C(=O)O)CC1. The van der Waals surface area contributed by atoms with Crippen LogP contribution in [0.5, 0.6) is 0 Å². The van der Waals surface area contributed by atoms with Crippen LogP contribution >= 0.6 is 0 Å². The van der Waals surface area contributed by atoms with Gasteiger partial charge in [0.05, 0.1) is 5.41 Å². The third-order valence-corrected chi connectivity index (χ3v) is 3.91. The van der Waals surface area contributed by atoms with Crippen molar-refractivity contribution in [3.05, 3.63) is 0 Å². The van der Waals surface area contributed by atoms with Gasteiger partial charge in [-0.2, -0.15) is 0 Å². The Bertz CT molecular complexity index is 380. The smallest absolute Gasteiger partial charge is 0.407 e. The predicted octanol–water partition coefficient (Wildman–Crippen LogP) is 2.09. The van der Waals surface area contributed by atoms with Crippen molar-refractivity contribution in [3.8, 4) is 0 Å². The van der Waals surface area contributed by atoms with Gasteiger partial charge in [-0.1, -0.05) is 0 Å². The van der Waals surface area contributed by atoms with Crippen LogP contribution in [0.4, 0.5) is 4.79 Å². The molecule has 0 aliphatic carbocycles. The number of piperidine rings is 1. The van der Waals surface area contributed by atoms with E-state index in [2.05, 4.69) is 24.1 Å². The summed E-state index contributed by atoms with van der Waals surface area (Å²) >= 11 is 0. The van der Waals surface area contributed by atoms with Crippen LogP contribution in [0.3, 0.4) is 0 Å².